The van der Waals surface area contributed by atoms with Crippen LogP contribution in [0.5, 0.6) is 0 Å². The Kier molecular flexibility index (Phi) is 6.45. The van der Waals surface area contributed by atoms with Gasteiger partial charge in [-0.15, -0.1) is 0 Å². The number of rotatable bonds is 8. The van der Waals surface area contributed by atoms with Gasteiger partial charge in [-0.05, 0) is 12.0 Å². The molecule has 0 saturated carbocycles. The monoisotopic (exact) mass is 256 g/mol. The van der Waals surface area contributed by atoms with E-state index in [1.165, 1.54) is 0 Å². The molecule has 0 radical (unpaired) electrons. The van der Waals surface area contributed by atoms with Crippen molar-refractivity contribution in [3.63, 3.8) is 0 Å². The second-order valence-electron chi connectivity index (χ2n) is 3.88. The number of hydrogen-bond donors (Lipinski definition) is 2. The van der Waals surface area contributed by atoms with Crippen LogP contribution in [0.25, 0.3) is 0 Å². The molecule has 1 unspecified atom stereocenters. The summed E-state index contributed by atoms with van der Waals surface area (Å²) in [6, 6.07) is 9.67. The topological polar surface area (TPSA) is 64.4 Å². The van der Waals surface area contributed by atoms with E-state index in [-0.39, 0.29) is 6.29 Å². The first-order valence-electron chi connectivity index (χ1n) is 5.93. The summed E-state index contributed by atoms with van der Waals surface area (Å²) in [6.45, 7) is 3.09. The van der Waals surface area contributed by atoms with Crippen molar-refractivity contribution >= 4 is 7.52 Å². The molecule has 0 amide bonds. The van der Waals surface area contributed by atoms with Gasteiger partial charge < -0.3 is 10.3 Å². The molecule has 0 aliphatic rings. The number of nitrogens with one attached hydrogen (secondary N) is 1. The molecule has 1 aromatic rings. The summed E-state index contributed by atoms with van der Waals surface area (Å²) in [5, 5.41) is 2.93. The van der Waals surface area contributed by atoms with Crippen molar-refractivity contribution in [1.82, 2.24) is 5.09 Å². The largest absolute Gasteiger partial charge is 0.321 e. The highest BCUT2D eigenvalue weighted by Gasteiger charge is 2.19. The van der Waals surface area contributed by atoms with E-state index >= 15 is 0 Å². The molecule has 0 fully saturated rings. The van der Waals surface area contributed by atoms with E-state index in [0.29, 0.717) is 13.2 Å². The van der Waals surface area contributed by atoms with Crippen LogP contribution in [0.4, 0.5) is 0 Å². The number of benzene rings is 1. The lowest BCUT2D eigenvalue weighted by molar-refractivity contribution is 0.295. The zero-order valence-electron chi connectivity index (χ0n) is 10.3. The van der Waals surface area contributed by atoms with E-state index in [4.69, 9.17) is 10.3 Å². The molecule has 0 aliphatic carbocycles. The van der Waals surface area contributed by atoms with Gasteiger partial charge in [0.15, 0.2) is 0 Å². The van der Waals surface area contributed by atoms with Crippen LogP contribution >= 0.6 is 7.52 Å². The maximum Gasteiger partial charge on any atom is 0.283 e. The molecule has 0 heterocycles. The summed E-state index contributed by atoms with van der Waals surface area (Å²) >= 11 is 0. The lowest BCUT2D eigenvalue weighted by Gasteiger charge is -2.17. The van der Waals surface area contributed by atoms with Crippen LogP contribution in [0.15, 0.2) is 30.3 Å². The van der Waals surface area contributed by atoms with Crippen molar-refractivity contribution in [3.8, 4) is 0 Å². The van der Waals surface area contributed by atoms with Gasteiger partial charge in [-0.2, -0.15) is 0 Å². The number of unbranched alkanes of at least 4 members (excludes halogenated alkanes) is 1. The molecule has 0 aromatic heterocycles. The number of hydrogen-bond acceptors (Lipinski definition) is 3. The molecule has 5 heteroatoms. The predicted octanol–water partition coefficient (Wildman–Crippen LogP) is 2.70. The molecular formula is C12H21N2O2P. The molecule has 96 valence electrons. The van der Waals surface area contributed by atoms with E-state index in [1.807, 2.05) is 30.3 Å². The van der Waals surface area contributed by atoms with Crippen LogP contribution in [-0.2, 0) is 15.7 Å². The quantitative estimate of drug-likeness (QED) is 0.554. The maximum absolute atomic E-state index is 12.2. The average Bonchev–Trinajstić information content (AvgIpc) is 2.38. The van der Waals surface area contributed by atoms with Crippen molar-refractivity contribution in [2.45, 2.75) is 26.4 Å². The standard InChI is InChI=1S/C12H21N2O2P/c1-2-3-9-14-17(15,11-13)16-10-12-7-5-4-6-8-12/h4-8H,2-3,9-11,13H2,1H3,(H,14,15). The van der Waals surface area contributed by atoms with E-state index in [9.17, 15) is 4.57 Å². The highest BCUT2D eigenvalue weighted by molar-refractivity contribution is 7.56. The Bertz CT molecular complexity index is 357. The molecule has 17 heavy (non-hydrogen) atoms. The third kappa shape index (κ3) is 5.46. The molecule has 1 aromatic carbocycles. The first-order chi connectivity index (χ1) is 8.20. The van der Waals surface area contributed by atoms with Gasteiger partial charge in [0.05, 0.1) is 12.9 Å². The molecule has 4 nitrogen and oxygen atoms in total. The lowest BCUT2D eigenvalue weighted by atomic mass is 10.2. The molecule has 0 aliphatic heterocycles. The van der Waals surface area contributed by atoms with Crippen LogP contribution in [0, 0.1) is 0 Å². The van der Waals surface area contributed by atoms with Crippen molar-refractivity contribution in [2.24, 2.45) is 5.73 Å². The van der Waals surface area contributed by atoms with E-state index in [1.54, 1.807) is 0 Å². The zero-order valence-corrected chi connectivity index (χ0v) is 11.2. The van der Waals surface area contributed by atoms with E-state index in [0.717, 1.165) is 18.4 Å². The van der Waals surface area contributed by atoms with E-state index < -0.39 is 7.52 Å². The fraction of sp³-hybridized carbons (Fsp3) is 0.500. The third-order valence-electron chi connectivity index (χ3n) is 2.41. The SMILES string of the molecule is CCCCNP(=O)(CN)OCc1ccccc1. The van der Waals surface area contributed by atoms with Crippen molar-refractivity contribution in [1.29, 1.82) is 0 Å². The Balaban J connectivity index is 2.43. The van der Waals surface area contributed by atoms with Crippen molar-refractivity contribution in [3.05, 3.63) is 35.9 Å². The minimum Gasteiger partial charge on any atom is -0.321 e. The van der Waals surface area contributed by atoms with Crippen LogP contribution in [0.1, 0.15) is 25.3 Å². The van der Waals surface area contributed by atoms with Gasteiger partial charge in [-0.25, -0.2) is 5.09 Å². The Hall–Kier alpha value is -0.670. The summed E-state index contributed by atoms with van der Waals surface area (Å²) < 4.78 is 17.6. The normalized spacial score (nSPS) is 14.5. The van der Waals surface area contributed by atoms with Gasteiger partial charge in [0.1, 0.15) is 0 Å². The highest BCUT2D eigenvalue weighted by Crippen LogP contribution is 2.40. The minimum absolute atomic E-state index is 0.0313. The second-order valence-corrected chi connectivity index (χ2v) is 6.16. The first kappa shape index (κ1) is 14.4. The Morgan fingerprint density at radius 1 is 1.35 bits per heavy atom. The average molecular weight is 256 g/mol. The van der Waals surface area contributed by atoms with Gasteiger partial charge in [0, 0.05) is 6.54 Å². The van der Waals surface area contributed by atoms with Gasteiger partial charge in [0.25, 0.3) is 7.52 Å². The molecule has 1 atom stereocenters. The Labute approximate surface area is 103 Å². The molecule has 0 bridgehead atoms. The van der Waals surface area contributed by atoms with Crippen LogP contribution < -0.4 is 10.8 Å². The van der Waals surface area contributed by atoms with Crippen LogP contribution in [-0.4, -0.2) is 12.8 Å². The summed E-state index contributed by atoms with van der Waals surface area (Å²) in [7, 11) is -2.87. The van der Waals surface area contributed by atoms with Gasteiger partial charge in [-0.3, -0.25) is 4.57 Å². The fourth-order valence-corrected chi connectivity index (χ4v) is 2.52. The van der Waals surface area contributed by atoms with Crippen LogP contribution in [0.2, 0.25) is 0 Å². The van der Waals surface area contributed by atoms with Crippen molar-refractivity contribution < 1.29 is 9.09 Å². The second kappa shape index (κ2) is 7.62. The molecule has 0 saturated heterocycles. The summed E-state index contributed by atoms with van der Waals surface area (Å²) in [6.07, 6.45) is 2.05. The fourth-order valence-electron chi connectivity index (χ4n) is 1.34. The van der Waals surface area contributed by atoms with Crippen LogP contribution in [0.3, 0.4) is 0 Å². The summed E-state index contributed by atoms with van der Waals surface area (Å²) in [5.41, 5.74) is 6.50. The molecular weight excluding hydrogens is 235 g/mol. The zero-order chi connectivity index (χ0) is 12.6. The smallest absolute Gasteiger partial charge is 0.283 e. The van der Waals surface area contributed by atoms with Gasteiger partial charge in [0.2, 0.25) is 0 Å². The third-order valence-corrected chi connectivity index (χ3v) is 4.14. The van der Waals surface area contributed by atoms with Gasteiger partial charge >= 0.3 is 0 Å². The molecule has 3 N–H and O–H groups in total. The maximum atomic E-state index is 12.2. The number of nitrogens with two attached hydrogens (primary N) is 1. The summed E-state index contributed by atoms with van der Waals surface area (Å²) in [4.78, 5) is 0. The van der Waals surface area contributed by atoms with E-state index in [2.05, 4.69) is 12.0 Å². The molecule has 1 rings (SSSR count). The predicted molar refractivity (Wildman–Crippen MR) is 70.8 cm³/mol. The highest BCUT2D eigenvalue weighted by atomic mass is 31.2. The first-order valence-corrected chi connectivity index (χ1v) is 7.74. The lowest BCUT2D eigenvalue weighted by Crippen LogP contribution is -2.19. The van der Waals surface area contributed by atoms with Crippen molar-refractivity contribution in [2.75, 3.05) is 12.8 Å². The Morgan fingerprint density at radius 2 is 2.06 bits per heavy atom. The Morgan fingerprint density at radius 3 is 2.65 bits per heavy atom. The summed E-state index contributed by atoms with van der Waals surface area (Å²) in [5.74, 6) is 0. The minimum atomic E-state index is -2.87. The van der Waals surface area contributed by atoms with Gasteiger partial charge in [-0.1, -0.05) is 43.7 Å². The molecule has 0 spiro atoms.